The maximum atomic E-state index is 13.5. The van der Waals surface area contributed by atoms with Crippen LogP contribution in [0.5, 0.6) is 0 Å². The maximum absolute atomic E-state index is 13.5. The van der Waals surface area contributed by atoms with Crippen molar-refractivity contribution in [2.24, 2.45) is 5.41 Å². The number of hydrogen-bond donors (Lipinski definition) is 2. The van der Waals surface area contributed by atoms with Crippen molar-refractivity contribution >= 4 is 28.4 Å². The lowest BCUT2D eigenvalue weighted by Crippen LogP contribution is -2.69. The zero-order valence-electron chi connectivity index (χ0n) is 24.9. The number of hydrogen-bond acceptors (Lipinski definition) is 8. The summed E-state index contributed by atoms with van der Waals surface area (Å²) in [6, 6.07) is 12.9. The van der Waals surface area contributed by atoms with E-state index in [0.29, 0.717) is 47.1 Å². The molecule has 1 saturated carbocycles. The minimum absolute atomic E-state index is 0.107. The van der Waals surface area contributed by atoms with Gasteiger partial charge in [-0.05, 0) is 74.9 Å². The summed E-state index contributed by atoms with van der Waals surface area (Å²) >= 11 is 0. The summed E-state index contributed by atoms with van der Waals surface area (Å²) < 4.78 is 16.1. The molecule has 5 aliphatic rings. The summed E-state index contributed by atoms with van der Waals surface area (Å²) in [4.78, 5) is 32.4. The highest BCUT2D eigenvalue weighted by Crippen LogP contribution is 2.63. The first-order chi connectivity index (χ1) is 21.3. The Labute approximate surface area is 254 Å². The molecule has 3 aromatic heterocycles. The number of aromatic nitrogens is 5. The van der Waals surface area contributed by atoms with Crippen molar-refractivity contribution in [3.8, 4) is 5.82 Å². The van der Waals surface area contributed by atoms with Crippen LogP contribution in [0.1, 0.15) is 43.9 Å². The van der Waals surface area contributed by atoms with Crippen LogP contribution in [0.2, 0.25) is 0 Å². The van der Waals surface area contributed by atoms with E-state index in [4.69, 9.17) is 9.97 Å². The van der Waals surface area contributed by atoms with Crippen molar-refractivity contribution in [1.82, 2.24) is 29.2 Å². The Hall–Kier alpha value is -4.09. The molecule has 11 heteroatoms. The number of pyridine rings is 1. The van der Waals surface area contributed by atoms with Gasteiger partial charge in [-0.15, -0.1) is 6.58 Å². The Morgan fingerprint density at radius 1 is 1.11 bits per heavy atom. The van der Waals surface area contributed by atoms with Gasteiger partial charge in [-0.1, -0.05) is 12.1 Å². The average molecular weight is 597 g/mol. The number of allylic oxidation sites excluding steroid dienone is 1. The number of piperazine rings is 1. The Bertz CT molecular complexity index is 1810. The molecule has 1 aromatic carbocycles. The molecule has 2 bridgehead atoms. The van der Waals surface area contributed by atoms with Gasteiger partial charge in [0.15, 0.2) is 11.5 Å². The Morgan fingerprint density at radius 3 is 2.59 bits per heavy atom. The predicted octanol–water partition coefficient (Wildman–Crippen LogP) is 4.07. The molecule has 6 heterocycles. The van der Waals surface area contributed by atoms with Crippen molar-refractivity contribution < 1.29 is 9.50 Å². The summed E-state index contributed by atoms with van der Waals surface area (Å²) in [6.45, 7) is 8.07. The first-order valence-corrected chi connectivity index (χ1v) is 15.6. The van der Waals surface area contributed by atoms with Crippen LogP contribution in [-0.2, 0) is 18.6 Å². The van der Waals surface area contributed by atoms with E-state index < -0.39 is 5.60 Å². The van der Waals surface area contributed by atoms with Gasteiger partial charge in [0.25, 0.3) is 5.56 Å². The zero-order chi connectivity index (χ0) is 30.2. The van der Waals surface area contributed by atoms with E-state index in [2.05, 4.69) is 38.8 Å². The number of rotatable bonds is 8. The van der Waals surface area contributed by atoms with Gasteiger partial charge in [-0.25, -0.2) is 23.7 Å². The van der Waals surface area contributed by atoms with E-state index >= 15 is 0 Å². The third kappa shape index (κ3) is 4.12. The Morgan fingerprint density at radius 2 is 1.89 bits per heavy atom. The Balaban J connectivity index is 1.10. The number of nitrogens with zero attached hydrogens (tertiary/aromatic N) is 7. The second kappa shape index (κ2) is 9.97. The molecule has 2 aliphatic carbocycles. The smallest absolute Gasteiger partial charge is 0.278 e. The molecule has 10 nitrogen and oxygen atoms in total. The standard InChI is InChI=1S/C33H37FN8O2/c1-3-15-41-30(43)26-18-35-31(36-22-5-7-23(8-6-22)39-19-24-17-25(20-39)40(24)16-14-34)38-29(26)42(41)27-9-4-21-10-11-33(12-13-33)32(2,44)28(21)37-27/h3-9,18,24-25,44H,1,10-17,19-20H2,2H3,(H,35,36,38)/t24?,25?,32-/m1/s1. The summed E-state index contributed by atoms with van der Waals surface area (Å²) in [6.07, 6.45) is 8.22. The van der Waals surface area contributed by atoms with Gasteiger partial charge in [-0.3, -0.25) is 9.69 Å². The lowest BCUT2D eigenvalue weighted by molar-refractivity contribution is -0.0371. The number of anilines is 3. The van der Waals surface area contributed by atoms with Crippen LogP contribution >= 0.6 is 0 Å². The van der Waals surface area contributed by atoms with Crippen molar-refractivity contribution in [2.75, 3.05) is 36.5 Å². The second-order valence-corrected chi connectivity index (χ2v) is 13.0. The topological polar surface area (TPSA) is 104 Å². The molecule has 0 amide bonds. The van der Waals surface area contributed by atoms with Crippen LogP contribution in [0.3, 0.4) is 0 Å². The van der Waals surface area contributed by atoms with Crippen molar-refractivity contribution in [2.45, 2.75) is 63.3 Å². The summed E-state index contributed by atoms with van der Waals surface area (Å²) in [5.41, 5.74) is 2.76. The molecule has 3 saturated heterocycles. The van der Waals surface area contributed by atoms with Crippen molar-refractivity contribution in [1.29, 1.82) is 0 Å². The molecule has 4 fully saturated rings. The number of piperidine rings is 1. The monoisotopic (exact) mass is 596 g/mol. The fourth-order valence-electron chi connectivity index (χ4n) is 7.83. The molecule has 228 valence electrons. The molecule has 3 aliphatic heterocycles. The lowest BCUT2D eigenvalue weighted by atomic mass is 9.72. The fourth-order valence-corrected chi connectivity index (χ4v) is 7.83. The van der Waals surface area contributed by atoms with E-state index in [-0.39, 0.29) is 24.2 Å². The lowest BCUT2D eigenvalue weighted by Gasteiger charge is -2.56. The van der Waals surface area contributed by atoms with E-state index in [1.54, 1.807) is 21.6 Å². The number of benzene rings is 1. The predicted molar refractivity (Wildman–Crippen MR) is 167 cm³/mol. The normalized spacial score (nSPS) is 25.1. The minimum Gasteiger partial charge on any atom is -0.383 e. The molecule has 3 atom stereocenters. The molecule has 1 spiro atoms. The number of aryl methyl sites for hydroxylation is 1. The highest BCUT2D eigenvalue weighted by molar-refractivity contribution is 5.77. The Kier molecular flexibility index (Phi) is 6.22. The largest absolute Gasteiger partial charge is 0.383 e. The molecule has 4 aromatic rings. The SMILES string of the molecule is C=CCn1c(=O)c2cnc(Nc3ccc(N4CC5CC(C4)N5CCF)cc3)nc2n1-c1ccc2c(n1)[C@@](C)(O)C1(CC2)CC1. The molecule has 44 heavy (non-hydrogen) atoms. The average Bonchev–Trinajstić information content (AvgIpc) is 3.78. The van der Waals surface area contributed by atoms with E-state index in [1.807, 2.05) is 31.2 Å². The summed E-state index contributed by atoms with van der Waals surface area (Å²) in [7, 11) is 0. The van der Waals surface area contributed by atoms with E-state index in [1.165, 1.54) is 0 Å². The van der Waals surface area contributed by atoms with Gasteiger partial charge >= 0.3 is 0 Å². The van der Waals surface area contributed by atoms with Crippen molar-refractivity contribution in [3.63, 3.8) is 0 Å². The fraction of sp³-hybridized carbons (Fsp3) is 0.455. The minimum atomic E-state index is -1.03. The van der Waals surface area contributed by atoms with E-state index in [9.17, 15) is 14.3 Å². The van der Waals surface area contributed by atoms with Crippen LogP contribution in [0.15, 0.2) is 60.0 Å². The van der Waals surface area contributed by atoms with Crippen LogP contribution in [0, 0.1) is 5.41 Å². The van der Waals surface area contributed by atoms with Crippen LogP contribution in [0.4, 0.5) is 21.7 Å². The highest BCUT2D eigenvalue weighted by Gasteiger charge is 2.59. The van der Waals surface area contributed by atoms with Gasteiger partial charge in [0, 0.05) is 54.7 Å². The molecular weight excluding hydrogens is 559 g/mol. The van der Waals surface area contributed by atoms with Gasteiger partial charge in [0.2, 0.25) is 5.95 Å². The summed E-state index contributed by atoms with van der Waals surface area (Å²) in [5, 5.41) is 15.3. The summed E-state index contributed by atoms with van der Waals surface area (Å²) in [5.74, 6) is 0.882. The molecular formula is C33H37FN8O2. The number of nitrogens with one attached hydrogen (secondary N) is 1. The first kappa shape index (κ1) is 27.5. The quantitative estimate of drug-likeness (QED) is 0.294. The van der Waals surface area contributed by atoms with Crippen molar-refractivity contribution in [3.05, 3.63) is 76.9 Å². The maximum Gasteiger partial charge on any atom is 0.278 e. The molecule has 0 radical (unpaired) electrons. The van der Waals surface area contributed by atoms with Gasteiger partial charge < -0.3 is 15.3 Å². The van der Waals surface area contributed by atoms with Gasteiger partial charge in [0.05, 0.1) is 12.2 Å². The van der Waals surface area contributed by atoms with Gasteiger partial charge in [0.1, 0.15) is 17.7 Å². The third-order valence-electron chi connectivity index (χ3n) is 10.6. The van der Waals surface area contributed by atoms with Crippen LogP contribution < -0.4 is 15.8 Å². The number of halogens is 1. The zero-order valence-corrected chi connectivity index (χ0v) is 24.9. The number of alkyl halides is 1. The number of fused-ring (bicyclic) bond motifs is 4. The first-order valence-electron chi connectivity index (χ1n) is 15.6. The molecule has 2 N–H and O–H groups in total. The van der Waals surface area contributed by atoms with Crippen LogP contribution in [-0.4, -0.2) is 72.7 Å². The highest BCUT2D eigenvalue weighted by atomic mass is 19.1. The van der Waals surface area contributed by atoms with Crippen LogP contribution in [0.25, 0.3) is 16.9 Å². The van der Waals surface area contributed by atoms with E-state index in [0.717, 1.165) is 62.1 Å². The van der Waals surface area contributed by atoms with Gasteiger partial charge in [-0.2, -0.15) is 4.98 Å². The second-order valence-electron chi connectivity index (χ2n) is 13.0. The third-order valence-corrected chi connectivity index (χ3v) is 10.6. The number of aliphatic hydroxyl groups is 1. The molecule has 9 rings (SSSR count). The molecule has 2 unspecified atom stereocenters.